The molecule has 26 heavy (non-hydrogen) atoms. The normalized spacial score (nSPS) is 19.7. The topological polar surface area (TPSA) is 55.3 Å². The van der Waals surface area contributed by atoms with Gasteiger partial charge in [0.15, 0.2) is 0 Å². The minimum atomic E-state index is -0.221. The lowest BCUT2D eigenvalue weighted by molar-refractivity contribution is 0.625. The number of anilines is 3. The Kier molecular flexibility index (Phi) is 4.25. The molecule has 1 aliphatic rings. The van der Waals surface area contributed by atoms with Crippen LogP contribution in [0.2, 0.25) is 0 Å². The maximum absolute atomic E-state index is 13.5. The van der Waals surface area contributed by atoms with Gasteiger partial charge >= 0.3 is 0 Å². The van der Waals surface area contributed by atoms with Crippen molar-refractivity contribution < 1.29 is 4.39 Å². The van der Waals surface area contributed by atoms with E-state index in [0.29, 0.717) is 0 Å². The van der Waals surface area contributed by atoms with Crippen LogP contribution in [0.15, 0.2) is 72.8 Å². The first kappa shape index (κ1) is 16.5. The van der Waals surface area contributed by atoms with Crippen LogP contribution in [0.25, 0.3) is 0 Å². The molecule has 4 rings (SSSR count). The van der Waals surface area contributed by atoms with Crippen molar-refractivity contribution in [1.82, 2.24) is 0 Å². The average molecular weight is 347 g/mol. The summed E-state index contributed by atoms with van der Waals surface area (Å²) < 4.78 is 13.5. The van der Waals surface area contributed by atoms with Gasteiger partial charge in [-0.2, -0.15) is 0 Å². The van der Waals surface area contributed by atoms with E-state index < -0.39 is 0 Å². The van der Waals surface area contributed by atoms with Crippen LogP contribution in [0.5, 0.6) is 0 Å². The van der Waals surface area contributed by atoms with Gasteiger partial charge < -0.3 is 16.4 Å². The van der Waals surface area contributed by atoms with Gasteiger partial charge in [0.2, 0.25) is 0 Å². The summed E-state index contributed by atoms with van der Waals surface area (Å²) in [6.45, 7) is 0. The molecule has 0 bridgehead atoms. The fourth-order valence-corrected chi connectivity index (χ4v) is 3.88. The van der Waals surface area contributed by atoms with E-state index in [1.54, 1.807) is 0 Å². The number of benzene rings is 3. The maximum Gasteiger partial charge on any atom is 0.123 e. The second-order valence-corrected chi connectivity index (χ2v) is 6.83. The van der Waals surface area contributed by atoms with Crippen molar-refractivity contribution in [2.24, 2.45) is 0 Å². The van der Waals surface area contributed by atoms with Crippen LogP contribution in [0.1, 0.15) is 36.1 Å². The summed E-state index contributed by atoms with van der Waals surface area (Å²) in [6.07, 6.45) is 2.05. The van der Waals surface area contributed by atoms with Gasteiger partial charge in [-0.1, -0.05) is 24.3 Å². The van der Waals surface area contributed by atoms with Crippen LogP contribution < -0.4 is 16.4 Å². The molecule has 4 heteroatoms. The van der Waals surface area contributed by atoms with E-state index in [9.17, 15) is 4.39 Å². The monoisotopic (exact) mass is 347 g/mol. The molecule has 1 fully saturated rings. The molecule has 0 spiro atoms. The third-order valence-electron chi connectivity index (χ3n) is 5.15. The summed E-state index contributed by atoms with van der Waals surface area (Å²) in [4.78, 5) is 2.39. The summed E-state index contributed by atoms with van der Waals surface area (Å²) in [5, 5.41) is 0. The minimum Gasteiger partial charge on any atom is -0.399 e. The predicted molar refractivity (Wildman–Crippen MR) is 105 cm³/mol. The second-order valence-electron chi connectivity index (χ2n) is 6.83. The van der Waals surface area contributed by atoms with Gasteiger partial charge in [0.05, 0.1) is 12.1 Å². The molecule has 3 aromatic carbocycles. The maximum atomic E-state index is 13.5. The highest BCUT2D eigenvalue weighted by Crippen LogP contribution is 2.47. The van der Waals surface area contributed by atoms with Gasteiger partial charge in [-0.15, -0.1) is 0 Å². The molecule has 0 saturated carbocycles. The molecule has 132 valence electrons. The van der Waals surface area contributed by atoms with Crippen molar-refractivity contribution in [1.29, 1.82) is 0 Å². The lowest BCUT2D eigenvalue weighted by Crippen LogP contribution is -2.26. The van der Waals surface area contributed by atoms with Crippen LogP contribution in [0.3, 0.4) is 0 Å². The molecule has 1 unspecified atom stereocenters. The summed E-state index contributed by atoms with van der Waals surface area (Å²) in [6, 6.07) is 23.3. The first-order valence-electron chi connectivity index (χ1n) is 8.86. The summed E-state index contributed by atoms with van der Waals surface area (Å²) in [7, 11) is 0. The van der Waals surface area contributed by atoms with E-state index >= 15 is 0 Å². The average Bonchev–Trinajstić information content (AvgIpc) is 3.08. The van der Waals surface area contributed by atoms with E-state index in [4.69, 9.17) is 11.5 Å². The van der Waals surface area contributed by atoms with Gasteiger partial charge in [0.1, 0.15) is 5.82 Å². The quantitative estimate of drug-likeness (QED) is 0.650. The Morgan fingerprint density at radius 1 is 0.654 bits per heavy atom. The van der Waals surface area contributed by atoms with E-state index in [1.807, 2.05) is 36.4 Å². The third-order valence-corrected chi connectivity index (χ3v) is 5.15. The predicted octanol–water partition coefficient (Wildman–Crippen LogP) is 5.07. The van der Waals surface area contributed by atoms with Crippen molar-refractivity contribution in [3.05, 3.63) is 89.7 Å². The molecule has 4 N–H and O–H groups in total. The molecule has 3 nitrogen and oxygen atoms in total. The Morgan fingerprint density at radius 2 is 1.08 bits per heavy atom. The number of hydrogen-bond acceptors (Lipinski definition) is 3. The number of nitrogens with two attached hydrogens (primary N) is 2. The summed E-state index contributed by atoms with van der Waals surface area (Å²) >= 11 is 0. The molecule has 3 aromatic rings. The number of halogens is 1. The molecule has 1 saturated heterocycles. The Hall–Kier alpha value is -3.01. The molecular weight excluding hydrogens is 325 g/mol. The standard InChI is InChI=1S/C22H22FN3/c23-17-5-11-20(12-6-17)26-21(15-1-7-18(24)8-2-15)13-14-22(26)16-3-9-19(25)10-4-16/h1-12,21-22H,13-14,24-25H2/t21-,22?/m0/s1. The van der Waals surface area contributed by atoms with Gasteiger partial charge in [-0.3, -0.25) is 0 Å². The highest BCUT2D eigenvalue weighted by Gasteiger charge is 2.35. The first-order valence-corrected chi connectivity index (χ1v) is 8.86. The van der Waals surface area contributed by atoms with Gasteiger partial charge in [0, 0.05) is 17.1 Å². The van der Waals surface area contributed by atoms with Crippen molar-refractivity contribution in [2.45, 2.75) is 24.9 Å². The number of nitrogens with zero attached hydrogens (tertiary/aromatic N) is 1. The first-order chi connectivity index (χ1) is 12.6. The minimum absolute atomic E-state index is 0.221. The van der Waals surface area contributed by atoms with Crippen molar-refractivity contribution in [3.63, 3.8) is 0 Å². The third kappa shape index (κ3) is 3.10. The van der Waals surface area contributed by atoms with Crippen LogP contribution in [-0.2, 0) is 0 Å². The Morgan fingerprint density at radius 3 is 1.50 bits per heavy atom. The second kappa shape index (κ2) is 6.71. The Bertz CT molecular complexity index is 819. The molecular formula is C22H22FN3. The van der Waals surface area contributed by atoms with Gasteiger partial charge in [-0.25, -0.2) is 4.39 Å². The molecule has 2 atom stereocenters. The lowest BCUT2D eigenvalue weighted by Gasteiger charge is -2.33. The SMILES string of the molecule is Nc1ccc(C2CC[C@@H](c3ccc(N)cc3)N2c2ccc(F)cc2)cc1. The summed E-state index contributed by atoms with van der Waals surface area (Å²) in [5.74, 6) is -0.221. The number of nitrogen functional groups attached to an aromatic ring is 2. The van der Waals surface area contributed by atoms with Crippen LogP contribution >= 0.6 is 0 Å². The zero-order valence-corrected chi connectivity index (χ0v) is 14.5. The van der Waals surface area contributed by atoms with E-state index in [-0.39, 0.29) is 17.9 Å². The van der Waals surface area contributed by atoms with E-state index in [2.05, 4.69) is 29.2 Å². The van der Waals surface area contributed by atoms with Crippen molar-refractivity contribution in [3.8, 4) is 0 Å². The fraction of sp³-hybridized carbons (Fsp3) is 0.182. The Labute approximate surface area is 153 Å². The molecule has 1 aliphatic heterocycles. The van der Waals surface area contributed by atoms with Gasteiger partial charge in [-0.05, 0) is 72.5 Å². The molecule has 0 amide bonds. The molecule has 0 aromatic heterocycles. The van der Waals surface area contributed by atoms with Gasteiger partial charge in [0.25, 0.3) is 0 Å². The number of hydrogen-bond donors (Lipinski definition) is 2. The van der Waals surface area contributed by atoms with E-state index in [0.717, 1.165) is 29.9 Å². The molecule has 1 heterocycles. The smallest absolute Gasteiger partial charge is 0.123 e. The lowest BCUT2D eigenvalue weighted by atomic mass is 10.0. The molecule has 0 radical (unpaired) electrons. The van der Waals surface area contributed by atoms with Crippen molar-refractivity contribution >= 4 is 17.1 Å². The zero-order valence-electron chi connectivity index (χ0n) is 14.5. The van der Waals surface area contributed by atoms with Crippen LogP contribution in [0.4, 0.5) is 21.5 Å². The van der Waals surface area contributed by atoms with E-state index in [1.165, 1.54) is 23.3 Å². The van der Waals surface area contributed by atoms with Crippen molar-refractivity contribution in [2.75, 3.05) is 16.4 Å². The fourth-order valence-electron chi connectivity index (χ4n) is 3.88. The van der Waals surface area contributed by atoms with Crippen LogP contribution in [-0.4, -0.2) is 0 Å². The van der Waals surface area contributed by atoms with Crippen LogP contribution in [0, 0.1) is 5.82 Å². The zero-order chi connectivity index (χ0) is 18.1. The number of rotatable bonds is 3. The Balaban J connectivity index is 1.75. The highest BCUT2D eigenvalue weighted by atomic mass is 19.1. The largest absolute Gasteiger partial charge is 0.399 e. The summed E-state index contributed by atoms with van der Waals surface area (Å²) in [5.41, 5.74) is 16.7. The highest BCUT2D eigenvalue weighted by molar-refractivity contribution is 5.55. The molecule has 0 aliphatic carbocycles.